The number of methoxy groups -OCH3 is 1. The average molecular weight is 518 g/mol. The maximum absolute atomic E-state index is 13.2. The van der Waals surface area contributed by atoms with Crippen molar-refractivity contribution >= 4 is 34.5 Å². The summed E-state index contributed by atoms with van der Waals surface area (Å²) in [4.78, 5) is 27.5. The van der Waals surface area contributed by atoms with E-state index in [-0.39, 0.29) is 5.91 Å². The van der Waals surface area contributed by atoms with Crippen LogP contribution < -0.4 is 10.6 Å². The highest BCUT2D eigenvalue weighted by Gasteiger charge is 2.29. The highest BCUT2D eigenvalue weighted by molar-refractivity contribution is 6.37. The third kappa shape index (κ3) is 6.08. The maximum atomic E-state index is 13.2. The first-order valence-electron chi connectivity index (χ1n) is 12.9. The lowest BCUT2D eigenvalue weighted by atomic mass is 9.99. The Morgan fingerprint density at radius 2 is 1.54 bits per heavy atom. The Labute approximate surface area is 228 Å². The molecule has 1 aliphatic rings. The second kappa shape index (κ2) is 11.8. The van der Waals surface area contributed by atoms with Gasteiger partial charge in [-0.2, -0.15) is 0 Å². The molecule has 196 valence electrons. The first kappa shape index (κ1) is 25.9. The van der Waals surface area contributed by atoms with Gasteiger partial charge in [-0.15, -0.1) is 0 Å². The van der Waals surface area contributed by atoms with E-state index in [0.717, 1.165) is 36.3 Å². The summed E-state index contributed by atoms with van der Waals surface area (Å²) in [5.41, 5.74) is 7.24. The van der Waals surface area contributed by atoms with E-state index in [2.05, 4.69) is 59.0 Å². The van der Waals surface area contributed by atoms with Crippen molar-refractivity contribution in [3.63, 3.8) is 0 Å². The van der Waals surface area contributed by atoms with Crippen LogP contribution in [0.15, 0.2) is 103 Å². The molecular formula is C33H31N3O3. The van der Waals surface area contributed by atoms with E-state index in [1.807, 2.05) is 48.5 Å². The molecule has 39 heavy (non-hydrogen) atoms. The monoisotopic (exact) mass is 517 g/mol. The zero-order valence-corrected chi connectivity index (χ0v) is 22.1. The molecule has 0 saturated carbocycles. The molecule has 0 radical (unpaired) electrons. The van der Waals surface area contributed by atoms with Crippen LogP contribution in [0, 0.1) is 0 Å². The van der Waals surface area contributed by atoms with Crippen LogP contribution in [0.3, 0.4) is 0 Å². The Balaban J connectivity index is 1.37. The molecule has 0 aromatic heterocycles. The second-order valence-corrected chi connectivity index (χ2v) is 9.62. The van der Waals surface area contributed by atoms with E-state index < -0.39 is 5.97 Å². The Bertz CT molecular complexity index is 1500. The number of nitrogens with one attached hydrogen (secondary N) is 2. The number of esters is 1. The molecule has 2 N–H and O–H groups in total. The van der Waals surface area contributed by atoms with E-state index in [9.17, 15) is 9.59 Å². The van der Waals surface area contributed by atoms with Gasteiger partial charge in [0.05, 0.1) is 29.6 Å². The van der Waals surface area contributed by atoms with E-state index in [1.165, 1.54) is 18.2 Å². The number of rotatable bonds is 9. The van der Waals surface area contributed by atoms with Gasteiger partial charge in [-0.1, -0.05) is 78.9 Å². The molecule has 1 heterocycles. The summed E-state index contributed by atoms with van der Waals surface area (Å²) >= 11 is 0. The van der Waals surface area contributed by atoms with Gasteiger partial charge >= 0.3 is 5.97 Å². The number of benzene rings is 4. The van der Waals surface area contributed by atoms with Crippen LogP contribution in [0.2, 0.25) is 0 Å². The molecule has 1 amide bonds. The number of anilines is 2. The van der Waals surface area contributed by atoms with Crippen LogP contribution in [0.4, 0.5) is 11.4 Å². The van der Waals surface area contributed by atoms with Crippen molar-refractivity contribution in [3.8, 4) is 0 Å². The van der Waals surface area contributed by atoms with Gasteiger partial charge in [-0.3, -0.25) is 4.79 Å². The van der Waals surface area contributed by atoms with Crippen molar-refractivity contribution in [1.29, 1.82) is 0 Å². The first-order valence-corrected chi connectivity index (χ1v) is 12.9. The Morgan fingerprint density at radius 3 is 2.23 bits per heavy atom. The lowest BCUT2D eigenvalue weighted by Gasteiger charge is -2.18. The average Bonchev–Trinajstić information content (AvgIpc) is 3.30. The molecule has 1 aliphatic heterocycles. The quantitative estimate of drug-likeness (QED) is 0.208. The number of hydrogen-bond donors (Lipinski definition) is 2. The molecule has 0 saturated heterocycles. The number of ether oxygens (including phenoxy) is 1. The summed E-state index contributed by atoms with van der Waals surface area (Å²) in [6.45, 7) is 1.82. The summed E-state index contributed by atoms with van der Waals surface area (Å²) in [6.07, 6.45) is 1.01. The van der Waals surface area contributed by atoms with Gasteiger partial charge in [0.2, 0.25) is 0 Å². The molecule has 0 bridgehead atoms. The predicted molar refractivity (Wildman–Crippen MR) is 156 cm³/mol. The zero-order chi connectivity index (χ0) is 27.2. The van der Waals surface area contributed by atoms with E-state index >= 15 is 0 Å². The van der Waals surface area contributed by atoms with Gasteiger partial charge in [0.15, 0.2) is 0 Å². The first-order chi connectivity index (χ1) is 19.0. The smallest absolute Gasteiger partial charge is 0.337 e. The van der Waals surface area contributed by atoms with Gasteiger partial charge in [0.25, 0.3) is 5.91 Å². The summed E-state index contributed by atoms with van der Waals surface area (Å²) in [7, 11) is 3.47. The molecule has 4 aromatic carbocycles. The Morgan fingerprint density at radius 1 is 0.846 bits per heavy atom. The summed E-state index contributed by atoms with van der Waals surface area (Å²) < 4.78 is 4.83. The van der Waals surface area contributed by atoms with E-state index in [1.54, 1.807) is 18.2 Å². The van der Waals surface area contributed by atoms with Crippen LogP contribution in [-0.2, 0) is 22.5 Å². The maximum Gasteiger partial charge on any atom is 0.337 e. The van der Waals surface area contributed by atoms with E-state index in [0.29, 0.717) is 22.5 Å². The molecule has 0 spiro atoms. The molecule has 6 nitrogen and oxygen atoms in total. The minimum Gasteiger partial charge on any atom is -0.465 e. The van der Waals surface area contributed by atoms with Crippen LogP contribution >= 0.6 is 0 Å². The van der Waals surface area contributed by atoms with Crippen molar-refractivity contribution < 1.29 is 14.3 Å². The normalized spacial score (nSPS) is 13.6. The largest absolute Gasteiger partial charge is 0.465 e. The van der Waals surface area contributed by atoms with Crippen LogP contribution in [0.1, 0.15) is 32.6 Å². The fourth-order valence-electron chi connectivity index (χ4n) is 4.74. The summed E-state index contributed by atoms with van der Waals surface area (Å²) in [5, 5.41) is 6.41. The van der Waals surface area contributed by atoms with Crippen LogP contribution in [-0.4, -0.2) is 37.5 Å². The predicted octanol–water partition coefficient (Wildman–Crippen LogP) is 6.08. The molecule has 0 aliphatic carbocycles. The second-order valence-electron chi connectivity index (χ2n) is 9.62. The lowest BCUT2D eigenvalue weighted by molar-refractivity contribution is -0.110. The number of fused-ring (bicyclic) bond motifs is 1. The summed E-state index contributed by atoms with van der Waals surface area (Å²) in [6, 6.07) is 33.7. The van der Waals surface area contributed by atoms with Gasteiger partial charge < -0.3 is 20.3 Å². The van der Waals surface area contributed by atoms with E-state index in [4.69, 9.17) is 4.74 Å². The molecule has 5 rings (SSSR count). The fraction of sp³-hybridized carbons (Fsp3) is 0.152. The van der Waals surface area contributed by atoms with Crippen LogP contribution in [0.5, 0.6) is 0 Å². The fourth-order valence-corrected chi connectivity index (χ4v) is 4.74. The van der Waals surface area contributed by atoms with Gasteiger partial charge in [-0.05, 0) is 54.4 Å². The minimum atomic E-state index is -0.448. The molecular weight excluding hydrogens is 486 g/mol. The molecule has 0 atom stereocenters. The van der Waals surface area contributed by atoms with Gasteiger partial charge in [0, 0.05) is 24.3 Å². The molecule has 4 aromatic rings. The highest BCUT2D eigenvalue weighted by Crippen LogP contribution is 2.38. The molecule has 0 unspecified atom stereocenters. The topological polar surface area (TPSA) is 70.7 Å². The number of carbonyl (C=O) groups excluding carboxylic acids is 2. The van der Waals surface area contributed by atoms with Crippen molar-refractivity contribution in [2.75, 3.05) is 31.3 Å². The Hall–Kier alpha value is -4.68. The molecule has 0 fully saturated rings. The van der Waals surface area contributed by atoms with Crippen LogP contribution in [0.25, 0.3) is 11.3 Å². The number of nitrogens with zero attached hydrogens (tertiary/aromatic N) is 1. The summed E-state index contributed by atoms with van der Waals surface area (Å²) in [5.74, 6) is -0.674. The van der Waals surface area contributed by atoms with Crippen molar-refractivity contribution in [2.45, 2.75) is 13.0 Å². The van der Waals surface area contributed by atoms with Gasteiger partial charge in [0.1, 0.15) is 0 Å². The number of carbonyl (C=O) groups is 2. The zero-order valence-electron chi connectivity index (χ0n) is 22.1. The van der Waals surface area contributed by atoms with Gasteiger partial charge in [-0.25, -0.2) is 4.79 Å². The highest BCUT2D eigenvalue weighted by atomic mass is 16.5. The van der Waals surface area contributed by atoms with Crippen molar-refractivity contribution in [3.05, 3.63) is 131 Å². The molecule has 6 heteroatoms. The number of hydrogen-bond acceptors (Lipinski definition) is 5. The SMILES string of the molecule is COC(=O)c1ccc2c(c1)NC(=O)C2=C(Nc1ccc(CN(C)CCc2ccccc2)cc1)c1ccccc1. The standard InChI is InChI=1S/C33H31N3O3/c1-36(20-19-23-9-5-3-6-10-23)22-24-13-16-27(17-14-24)34-31(25-11-7-4-8-12-25)30-28-18-15-26(33(38)39-2)21-29(28)35-32(30)37/h3-18,21,34H,19-20,22H2,1-2H3,(H,35,37). The lowest BCUT2D eigenvalue weighted by Crippen LogP contribution is -2.20. The third-order valence-electron chi connectivity index (χ3n) is 6.80. The number of amides is 1. The third-order valence-corrected chi connectivity index (χ3v) is 6.80. The number of likely N-dealkylation sites (N-methyl/N-ethyl adjacent to an activating group) is 1. The van der Waals surface area contributed by atoms with Crippen molar-refractivity contribution in [2.24, 2.45) is 0 Å². The van der Waals surface area contributed by atoms with Crippen molar-refractivity contribution in [1.82, 2.24) is 4.90 Å². The minimum absolute atomic E-state index is 0.227. The Kier molecular flexibility index (Phi) is 7.85.